The van der Waals surface area contributed by atoms with Crippen LogP contribution in [0.5, 0.6) is 0 Å². The number of hydrogen-bond acceptors (Lipinski definition) is 1. The minimum Gasteiger partial charge on any atom is -0.314 e. The molecule has 1 rings (SSSR count). The summed E-state index contributed by atoms with van der Waals surface area (Å²) in [6.07, 6.45) is 8.35. The van der Waals surface area contributed by atoms with Crippen molar-refractivity contribution in [2.45, 2.75) is 72.3 Å². The summed E-state index contributed by atoms with van der Waals surface area (Å²) in [5.41, 5.74) is 0.513. The quantitative estimate of drug-likeness (QED) is 0.671. The normalized spacial score (nSPS) is 19.2. The van der Waals surface area contributed by atoms with Gasteiger partial charge in [-0.3, -0.25) is 0 Å². The van der Waals surface area contributed by atoms with Gasteiger partial charge in [0, 0.05) is 6.04 Å². The van der Waals surface area contributed by atoms with E-state index in [1.807, 2.05) is 0 Å². The second-order valence-corrected chi connectivity index (χ2v) is 6.35. The first-order valence-corrected chi connectivity index (χ1v) is 6.76. The van der Waals surface area contributed by atoms with E-state index in [-0.39, 0.29) is 0 Å². The van der Waals surface area contributed by atoms with Gasteiger partial charge in [-0.1, -0.05) is 34.1 Å². The van der Waals surface area contributed by atoms with Gasteiger partial charge in [0.2, 0.25) is 0 Å². The summed E-state index contributed by atoms with van der Waals surface area (Å²) < 4.78 is 0. The van der Waals surface area contributed by atoms with Gasteiger partial charge in [-0.25, -0.2) is 0 Å². The van der Waals surface area contributed by atoms with Crippen LogP contribution < -0.4 is 5.32 Å². The zero-order valence-corrected chi connectivity index (χ0v) is 11.1. The predicted molar refractivity (Wildman–Crippen MR) is 68.1 cm³/mol. The lowest BCUT2D eigenvalue weighted by atomic mass is 9.88. The first kappa shape index (κ1) is 13.0. The van der Waals surface area contributed by atoms with Gasteiger partial charge in [-0.2, -0.15) is 0 Å². The standard InChI is InChI=1S/C14H29N/c1-5-11-15-13(12-8-9-12)7-6-10-14(2,3)4/h12-13,15H,5-11H2,1-4H3. The fourth-order valence-corrected chi connectivity index (χ4v) is 2.19. The van der Waals surface area contributed by atoms with Gasteiger partial charge in [0.15, 0.2) is 0 Å². The van der Waals surface area contributed by atoms with E-state index in [0.29, 0.717) is 5.41 Å². The third-order valence-corrected chi connectivity index (χ3v) is 3.29. The van der Waals surface area contributed by atoms with Crippen LogP contribution in [0.4, 0.5) is 0 Å². The minimum atomic E-state index is 0.513. The topological polar surface area (TPSA) is 12.0 Å². The Morgan fingerprint density at radius 1 is 1.27 bits per heavy atom. The first-order valence-electron chi connectivity index (χ1n) is 6.76. The van der Waals surface area contributed by atoms with Gasteiger partial charge >= 0.3 is 0 Å². The molecule has 1 nitrogen and oxygen atoms in total. The second-order valence-electron chi connectivity index (χ2n) is 6.35. The Morgan fingerprint density at radius 3 is 2.40 bits per heavy atom. The molecule has 0 heterocycles. The summed E-state index contributed by atoms with van der Waals surface area (Å²) in [4.78, 5) is 0. The van der Waals surface area contributed by atoms with E-state index >= 15 is 0 Å². The Hall–Kier alpha value is -0.0400. The van der Waals surface area contributed by atoms with Gasteiger partial charge in [-0.15, -0.1) is 0 Å². The maximum Gasteiger partial charge on any atom is 0.00953 e. The average Bonchev–Trinajstić information content (AvgIpc) is 2.92. The molecule has 1 N–H and O–H groups in total. The minimum absolute atomic E-state index is 0.513. The van der Waals surface area contributed by atoms with Crippen molar-refractivity contribution in [3.8, 4) is 0 Å². The van der Waals surface area contributed by atoms with E-state index in [1.54, 1.807) is 0 Å². The molecule has 1 atom stereocenters. The Bertz CT molecular complexity index is 165. The summed E-state index contributed by atoms with van der Waals surface area (Å²) in [6, 6.07) is 0.826. The lowest BCUT2D eigenvalue weighted by molar-refractivity contribution is 0.333. The summed E-state index contributed by atoms with van der Waals surface area (Å²) in [5.74, 6) is 1.01. The van der Waals surface area contributed by atoms with Gasteiger partial charge in [-0.05, 0) is 50.0 Å². The van der Waals surface area contributed by atoms with E-state index in [9.17, 15) is 0 Å². The van der Waals surface area contributed by atoms with Crippen LogP contribution in [0.3, 0.4) is 0 Å². The van der Waals surface area contributed by atoms with Crippen molar-refractivity contribution in [1.82, 2.24) is 5.32 Å². The molecular formula is C14H29N. The Labute approximate surface area is 96.0 Å². The highest BCUT2D eigenvalue weighted by molar-refractivity contribution is 4.86. The number of hydrogen-bond donors (Lipinski definition) is 1. The largest absolute Gasteiger partial charge is 0.314 e. The molecule has 1 fully saturated rings. The molecule has 1 saturated carbocycles. The van der Waals surface area contributed by atoms with Crippen molar-refractivity contribution in [3.63, 3.8) is 0 Å². The molecule has 1 aliphatic carbocycles. The van der Waals surface area contributed by atoms with E-state index in [4.69, 9.17) is 0 Å². The van der Waals surface area contributed by atoms with Crippen molar-refractivity contribution >= 4 is 0 Å². The molecule has 0 aliphatic heterocycles. The van der Waals surface area contributed by atoms with Crippen molar-refractivity contribution < 1.29 is 0 Å². The van der Waals surface area contributed by atoms with Crippen LogP contribution in [-0.2, 0) is 0 Å². The Kier molecular flexibility index (Phi) is 5.11. The van der Waals surface area contributed by atoms with E-state index in [2.05, 4.69) is 33.0 Å². The van der Waals surface area contributed by atoms with E-state index < -0.39 is 0 Å². The molecular weight excluding hydrogens is 182 g/mol. The molecule has 0 saturated heterocycles. The molecule has 0 bridgehead atoms. The van der Waals surface area contributed by atoms with Crippen molar-refractivity contribution in [3.05, 3.63) is 0 Å². The highest BCUT2D eigenvalue weighted by Gasteiger charge is 2.30. The molecule has 1 aliphatic rings. The number of rotatable bonds is 7. The van der Waals surface area contributed by atoms with Crippen molar-refractivity contribution in [2.75, 3.05) is 6.54 Å². The summed E-state index contributed by atoms with van der Waals surface area (Å²) >= 11 is 0. The maximum atomic E-state index is 3.72. The van der Waals surface area contributed by atoms with Gasteiger partial charge in [0.1, 0.15) is 0 Å². The molecule has 0 spiro atoms. The number of nitrogens with one attached hydrogen (secondary N) is 1. The molecule has 15 heavy (non-hydrogen) atoms. The molecule has 90 valence electrons. The Balaban J connectivity index is 2.14. The van der Waals surface area contributed by atoms with Crippen LogP contribution in [0.15, 0.2) is 0 Å². The van der Waals surface area contributed by atoms with Crippen molar-refractivity contribution in [2.24, 2.45) is 11.3 Å². The van der Waals surface area contributed by atoms with Crippen molar-refractivity contribution in [1.29, 1.82) is 0 Å². The third kappa shape index (κ3) is 6.19. The third-order valence-electron chi connectivity index (χ3n) is 3.29. The van der Waals surface area contributed by atoms with E-state index in [1.165, 1.54) is 45.1 Å². The molecule has 1 heteroatoms. The van der Waals surface area contributed by atoms with Gasteiger partial charge < -0.3 is 5.32 Å². The molecule has 0 radical (unpaired) electrons. The molecule has 1 unspecified atom stereocenters. The Morgan fingerprint density at radius 2 is 1.93 bits per heavy atom. The second kappa shape index (κ2) is 5.89. The highest BCUT2D eigenvalue weighted by Crippen LogP contribution is 2.35. The molecule has 0 aromatic carbocycles. The summed E-state index contributed by atoms with van der Waals surface area (Å²) in [5, 5.41) is 3.72. The van der Waals surface area contributed by atoms with Crippen LogP contribution in [0.2, 0.25) is 0 Å². The van der Waals surface area contributed by atoms with Crippen LogP contribution in [0.1, 0.15) is 66.2 Å². The maximum absolute atomic E-state index is 3.72. The predicted octanol–water partition coefficient (Wildman–Crippen LogP) is 3.98. The van der Waals surface area contributed by atoms with E-state index in [0.717, 1.165) is 12.0 Å². The zero-order chi connectivity index (χ0) is 11.3. The van der Waals surface area contributed by atoms with Crippen LogP contribution in [0, 0.1) is 11.3 Å². The average molecular weight is 211 g/mol. The van der Waals surface area contributed by atoms with Gasteiger partial charge in [0.25, 0.3) is 0 Å². The lowest BCUT2D eigenvalue weighted by Gasteiger charge is -2.22. The summed E-state index contributed by atoms with van der Waals surface area (Å²) in [6.45, 7) is 10.5. The molecule has 0 aromatic heterocycles. The fourth-order valence-electron chi connectivity index (χ4n) is 2.19. The summed E-state index contributed by atoms with van der Waals surface area (Å²) in [7, 11) is 0. The molecule has 0 aromatic rings. The van der Waals surface area contributed by atoms with Crippen LogP contribution in [-0.4, -0.2) is 12.6 Å². The fraction of sp³-hybridized carbons (Fsp3) is 1.00. The first-order chi connectivity index (χ1) is 7.03. The highest BCUT2D eigenvalue weighted by atomic mass is 14.9. The van der Waals surface area contributed by atoms with Crippen LogP contribution >= 0.6 is 0 Å². The molecule has 0 amide bonds. The van der Waals surface area contributed by atoms with Gasteiger partial charge in [0.05, 0.1) is 0 Å². The SMILES string of the molecule is CCCNC(CCCC(C)(C)C)C1CC1. The smallest absolute Gasteiger partial charge is 0.00953 e. The zero-order valence-electron chi connectivity index (χ0n) is 11.1. The lowest BCUT2D eigenvalue weighted by Crippen LogP contribution is -2.31. The monoisotopic (exact) mass is 211 g/mol. The van der Waals surface area contributed by atoms with Crippen LogP contribution in [0.25, 0.3) is 0 Å².